The molecule has 368 valence electrons. The van der Waals surface area contributed by atoms with E-state index in [4.69, 9.17) is 9.57 Å². The van der Waals surface area contributed by atoms with Crippen LogP contribution in [-0.4, -0.2) is 110 Å². The zero-order valence-corrected chi connectivity index (χ0v) is 42.3. The van der Waals surface area contributed by atoms with Crippen LogP contribution in [0, 0.1) is 70.5 Å². The number of fused-ring (bicyclic) bond motifs is 2. The lowest BCUT2D eigenvalue weighted by molar-refractivity contribution is -0.193. The summed E-state index contributed by atoms with van der Waals surface area (Å²) < 4.78 is 6.61. The van der Waals surface area contributed by atoms with Gasteiger partial charge >= 0.3 is 0 Å². The summed E-state index contributed by atoms with van der Waals surface area (Å²) in [6.07, 6.45) is 24.6. The van der Waals surface area contributed by atoms with Gasteiger partial charge in [0.1, 0.15) is 12.1 Å². The average molecular weight is 896 g/mol. The van der Waals surface area contributed by atoms with Gasteiger partial charge in [0.2, 0.25) is 11.8 Å². The molecule has 7 aliphatic carbocycles. The Morgan fingerprint density at radius 3 is 2.20 bits per heavy atom. The number of aliphatic hydroxyl groups excluding tert-OH is 1. The van der Waals surface area contributed by atoms with Crippen molar-refractivity contribution < 1.29 is 24.3 Å². The molecule has 1 saturated heterocycles. The monoisotopic (exact) mass is 896 g/mol. The molecule has 15 atom stereocenters. The Balaban J connectivity index is 1.06. The highest BCUT2D eigenvalue weighted by Crippen LogP contribution is 2.61. The molecule has 6 unspecified atom stereocenters. The van der Waals surface area contributed by atoms with Crippen molar-refractivity contribution >= 4 is 11.8 Å². The largest absolute Gasteiger partial charge is 0.394 e. The van der Waals surface area contributed by atoms with E-state index in [1.54, 1.807) is 0 Å². The van der Waals surface area contributed by atoms with Crippen molar-refractivity contribution in [3.05, 3.63) is 0 Å². The summed E-state index contributed by atoms with van der Waals surface area (Å²) in [5.74, 6) is 4.81. The van der Waals surface area contributed by atoms with E-state index in [-0.39, 0.29) is 60.4 Å². The number of nitrogens with one attached hydrogen (secondary N) is 3. The summed E-state index contributed by atoms with van der Waals surface area (Å²) in [5.41, 5.74) is 0.344. The zero-order valence-electron chi connectivity index (χ0n) is 42.3. The van der Waals surface area contributed by atoms with Crippen LogP contribution in [0.15, 0.2) is 0 Å². The van der Waals surface area contributed by atoms with Crippen molar-refractivity contribution in [3.63, 3.8) is 0 Å². The number of rotatable bonds is 19. The van der Waals surface area contributed by atoms with E-state index < -0.39 is 12.1 Å². The fourth-order valence-corrected chi connectivity index (χ4v) is 15.5. The summed E-state index contributed by atoms with van der Waals surface area (Å²) in [6.45, 7) is 15.4. The topological polar surface area (TPSA) is 115 Å². The lowest BCUT2D eigenvalue weighted by atomic mass is 9.45. The number of carbonyl (C=O) groups is 2. The highest BCUT2D eigenvalue weighted by Gasteiger charge is 2.58. The van der Waals surface area contributed by atoms with Crippen LogP contribution in [0.4, 0.5) is 0 Å². The second-order valence-electron chi connectivity index (χ2n) is 24.5. The van der Waals surface area contributed by atoms with Gasteiger partial charge in [0.05, 0.1) is 12.7 Å². The minimum absolute atomic E-state index is 0.000976. The Bertz CT molecular complexity index is 1460. The minimum atomic E-state index is -0.501. The number of amides is 2. The van der Waals surface area contributed by atoms with Crippen LogP contribution < -0.4 is 16.0 Å². The van der Waals surface area contributed by atoms with Crippen molar-refractivity contribution in [1.29, 1.82) is 0 Å². The van der Waals surface area contributed by atoms with Crippen LogP contribution in [0.25, 0.3) is 0 Å². The molecule has 0 aromatic heterocycles. The average Bonchev–Trinajstić information content (AvgIpc) is 3.65. The summed E-state index contributed by atoms with van der Waals surface area (Å²) in [6, 6.07) is 0.269. The van der Waals surface area contributed by atoms with Gasteiger partial charge in [0.15, 0.2) is 0 Å². The van der Waals surface area contributed by atoms with Crippen LogP contribution in [0.1, 0.15) is 176 Å². The summed E-state index contributed by atoms with van der Waals surface area (Å²) in [7, 11) is 6.27. The molecular weight excluding hydrogens is 799 g/mol. The number of hydrogen-bond donors (Lipinski definition) is 4. The molecular formula is C54H97N5O5. The van der Waals surface area contributed by atoms with E-state index in [1.807, 2.05) is 12.2 Å². The first kappa shape index (κ1) is 50.6. The van der Waals surface area contributed by atoms with E-state index in [9.17, 15) is 14.7 Å². The van der Waals surface area contributed by atoms with Crippen LogP contribution in [-0.2, 0) is 19.2 Å². The van der Waals surface area contributed by atoms with Crippen LogP contribution in [0.3, 0.4) is 0 Å². The van der Waals surface area contributed by atoms with Gasteiger partial charge in [-0.3, -0.25) is 14.4 Å². The van der Waals surface area contributed by atoms with Crippen molar-refractivity contribution in [2.75, 3.05) is 40.9 Å². The summed E-state index contributed by atoms with van der Waals surface area (Å²) >= 11 is 0. The van der Waals surface area contributed by atoms with Gasteiger partial charge in [0, 0.05) is 55.6 Å². The third-order valence-electron chi connectivity index (χ3n) is 19.4. The summed E-state index contributed by atoms with van der Waals surface area (Å²) in [4.78, 5) is 38.6. The fraction of sp³-hybridized carbons (Fsp3) is 0.963. The second kappa shape index (κ2) is 22.9. The van der Waals surface area contributed by atoms with Gasteiger partial charge in [-0.05, 0) is 145 Å². The molecule has 8 fully saturated rings. The molecule has 10 nitrogen and oxygen atoms in total. The molecule has 10 heteroatoms. The smallest absolute Gasteiger partial charge is 0.240 e. The molecule has 64 heavy (non-hydrogen) atoms. The molecule has 4 N–H and O–H groups in total. The second-order valence-corrected chi connectivity index (χ2v) is 24.5. The molecule has 1 aliphatic heterocycles. The quantitative estimate of drug-likeness (QED) is 0.102. The van der Waals surface area contributed by atoms with Crippen molar-refractivity contribution in [3.8, 4) is 0 Å². The Morgan fingerprint density at radius 2 is 1.58 bits per heavy atom. The Morgan fingerprint density at radius 1 is 0.875 bits per heavy atom. The molecule has 1 heterocycles. The van der Waals surface area contributed by atoms with Gasteiger partial charge in [0.25, 0.3) is 0 Å². The van der Waals surface area contributed by atoms with Crippen LogP contribution in [0.5, 0.6) is 0 Å². The first-order valence-corrected chi connectivity index (χ1v) is 27.3. The van der Waals surface area contributed by atoms with Gasteiger partial charge in [-0.25, -0.2) is 0 Å². The number of aliphatic hydroxyl groups is 1. The zero-order chi connectivity index (χ0) is 45.7. The van der Waals surface area contributed by atoms with Crippen LogP contribution in [0.2, 0.25) is 0 Å². The SMILES string of the molecule is COC1C(CN2O[C@@H](CO)[C@@H]([C@H](C)NCCC3CCCCC3)[C@H]2C(=O)N[C@H]2C[C@H]3C[C@@H]([C@@H]2C)C3(C)C)CCCC1C1CC(C(=O)N[C@H](CC(C)C)CC2CCCCC2)CC(N(C)C)C1. The number of carbonyl (C=O) groups excluding carboxylic acids is 2. The lowest BCUT2D eigenvalue weighted by Crippen LogP contribution is -2.63. The van der Waals surface area contributed by atoms with Gasteiger partial charge < -0.3 is 30.7 Å². The molecule has 8 aliphatic rings. The first-order chi connectivity index (χ1) is 30.7. The van der Waals surface area contributed by atoms with Crippen molar-refractivity contribution in [2.45, 2.75) is 219 Å². The number of hydrogen-bond acceptors (Lipinski definition) is 8. The van der Waals surface area contributed by atoms with Gasteiger partial charge in [-0.2, -0.15) is 5.06 Å². The molecule has 8 rings (SSSR count). The summed E-state index contributed by atoms with van der Waals surface area (Å²) in [5, 5.41) is 24.1. The minimum Gasteiger partial charge on any atom is -0.394 e. The maximum Gasteiger partial charge on any atom is 0.240 e. The van der Waals surface area contributed by atoms with Crippen molar-refractivity contribution in [1.82, 2.24) is 25.9 Å². The molecule has 7 saturated carbocycles. The number of ether oxygens (including phenoxy) is 1. The third-order valence-corrected chi connectivity index (χ3v) is 19.4. The molecule has 2 bridgehead atoms. The Kier molecular flexibility index (Phi) is 18.1. The van der Waals surface area contributed by atoms with E-state index in [0.29, 0.717) is 53.5 Å². The van der Waals surface area contributed by atoms with E-state index >= 15 is 0 Å². The maximum absolute atomic E-state index is 15.0. The number of hydroxylamine groups is 2. The first-order valence-electron chi connectivity index (χ1n) is 27.3. The number of nitrogens with zero attached hydrogens (tertiary/aromatic N) is 2. The Labute approximate surface area is 391 Å². The van der Waals surface area contributed by atoms with E-state index in [1.165, 1.54) is 70.6 Å². The van der Waals surface area contributed by atoms with Gasteiger partial charge in [-0.1, -0.05) is 105 Å². The van der Waals surface area contributed by atoms with Crippen molar-refractivity contribution in [2.24, 2.45) is 70.5 Å². The predicted octanol–water partition coefficient (Wildman–Crippen LogP) is 8.99. The molecule has 0 spiro atoms. The standard InChI is InChI=1S/C54H97N5O5/c1-34(2)25-43(26-38-19-14-11-15-20-38)56-52(61)41-27-40(28-44(29-41)58(7)8)45-22-16-21-39(51(45)63-9)32-59-50(53(62)57-47-31-42-30-46(35(47)3)54(42,5)6)49(48(33-60)64-59)36(4)55-24-23-37-17-12-10-13-18-37/h34-51,55,60H,10-33H2,1-9H3,(H,56,61)(H,57,62)/t35-,36-,39?,40?,41?,42+,43+,44?,45?,46-,47-,48-,49+,50-,51?/m0/s1. The predicted molar refractivity (Wildman–Crippen MR) is 258 cm³/mol. The Hall–Kier alpha value is -1.30. The number of methoxy groups -OCH3 is 1. The fourth-order valence-electron chi connectivity index (χ4n) is 15.5. The molecule has 0 radical (unpaired) electrons. The molecule has 0 aromatic rings. The maximum atomic E-state index is 15.0. The molecule has 2 amide bonds. The van der Waals surface area contributed by atoms with E-state index in [2.05, 4.69) is 76.5 Å². The van der Waals surface area contributed by atoms with E-state index in [0.717, 1.165) is 82.6 Å². The highest BCUT2D eigenvalue weighted by molar-refractivity contribution is 5.83. The third kappa shape index (κ3) is 11.9. The highest BCUT2D eigenvalue weighted by atomic mass is 16.7. The molecule has 0 aromatic carbocycles. The normalized spacial score (nSPS) is 38.5. The van der Waals surface area contributed by atoms with Crippen LogP contribution >= 0.6 is 0 Å². The lowest BCUT2D eigenvalue weighted by Gasteiger charge is -2.62. The van der Waals surface area contributed by atoms with Gasteiger partial charge in [-0.15, -0.1) is 0 Å².